The standard InChI is InChI=1S/C30H42O8/c1-14-11-15(2)30-20(13-22(35-6)18(5)36-26(14)17(4)31)12-21(32)23-24(30)25(33)16(3)27(28(23)38-30)37-29(34)19-9-7-8-10-19/h7-9,11,14,16-17,20-28,31-33H,5,10,12-13H2,1-4,6H3/b15-11+/t14-,16-,17-,20-,21+,22+,23-,24+,25-,26+,27-,28-,30+/m1/s1. The van der Waals surface area contributed by atoms with Gasteiger partial charge in [-0.25, -0.2) is 4.79 Å². The lowest BCUT2D eigenvalue weighted by Gasteiger charge is -2.52. The van der Waals surface area contributed by atoms with E-state index in [1.165, 1.54) is 0 Å². The van der Waals surface area contributed by atoms with Gasteiger partial charge in [-0.15, -0.1) is 0 Å². The molecule has 2 saturated carbocycles. The van der Waals surface area contributed by atoms with E-state index in [4.69, 9.17) is 18.9 Å². The van der Waals surface area contributed by atoms with Gasteiger partial charge in [-0.05, 0) is 44.6 Å². The molecule has 4 bridgehead atoms. The third kappa shape index (κ3) is 4.20. The van der Waals surface area contributed by atoms with Gasteiger partial charge in [-0.1, -0.05) is 44.7 Å². The molecule has 0 aromatic carbocycles. The van der Waals surface area contributed by atoms with Gasteiger partial charge in [0.25, 0.3) is 0 Å². The van der Waals surface area contributed by atoms with Crippen LogP contribution in [0.2, 0.25) is 0 Å². The molecular formula is C30H42O8. The summed E-state index contributed by atoms with van der Waals surface area (Å²) in [7, 11) is 1.59. The monoisotopic (exact) mass is 530 g/mol. The van der Waals surface area contributed by atoms with Crippen LogP contribution in [0.15, 0.2) is 47.8 Å². The number of carbonyl (C=O) groups is 1. The Balaban J connectivity index is 1.58. The number of methoxy groups -OCH3 is 1. The van der Waals surface area contributed by atoms with Crippen LogP contribution in [-0.2, 0) is 23.7 Å². The number of aliphatic hydroxyl groups excluding tert-OH is 3. The third-order valence-corrected chi connectivity index (χ3v) is 9.77. The predicted octanol–water partition coefficient (Wildman–Crippen LogP) is 2.83. The van der Waals surface area contributed by atoms with Crippen molar-refractivity contribution < 1.29 is 39.1 Å². The lowest BCUT2D eigenvalue weighted by Crippen LogP contribution is -2.62. The highest BCUT2D eigenvalue weighted by Gasteiger charge is 2.72. The molecule has 1 saturated heterocycles. The van der Waals surface area contributed by atoms with E-state index >= 15 is 0 Å². The first-order valence-corrected chi connectivity index (χ1v) is 13.9. The Morgan fingerprint density at radius 1 is 1.26 bits per heavy atom. The molecule has 0 unspecified atom stereocenters. The van der Waals surface area contributed by atoms with Crippen LogP contribution in [0, 0.1) is 29.6 Å². The second-order valence-corrected chi connectivity index (χ2v) is 12.0. The normalized spacial score (nSPS) is 48.3. The van der Waals surface area contributed by atoms with Gasteiger partial charge in [0.05, 0.1) is 23.9 Å². The van der Waals surface area contributed by atoms with Crippen molar-refractivity contribution in [3.8, 4) is 0 Å². The summed E-state index contributed by atoms with van der Waals surface area (Å²) in [6.45, 7) is 11.7. The molecule has 38 heavy (non-hydrogen) atoms. The molecule has 2 aliphatic heterocycles. The average molecular weight is 531 g/mol. The zero-order valence-electron chi connectivity index (χ0n) is 22.9. The van der Waals surface area contributed by atoms with E-state index in [1.54, 1.807) is 20.1 Å². The number of carbonyl (C=O) groups excluding carboxylic acids is 1. The SMILES string of the molecule is C=C1O[C@H]([C@@H](C)O)[C@H](C)/C=C(\C)[C@@]23O[C@H]4[C@H](OC(=O)C5=CC=CC5)[C@H](C)[C@@H](O)[C@@H]2[C@H]4[C@@H](O)C[C@@H]3C[C@@H]1OC. The zero-order chi connectivity index (χ0) is 27.5. The predicted molar refractivity (Wildman–Crippen MR) is 140 cm³/mol. The molecule has 8 nitrogen and oxygen atoms in total. The lowest BCUT2D eigenvalue weighted by atomic mass is 9.54. The Bertz CT molecular complexity index is 1040. The van der Waals surface area contributed by atoms with Gasteiger partial charge in [0, 0.05) is 36.4 Å². The minimum atomic E-state index is -0.899. The number of esters is 1. The summed E-state index contributed by atoms with van der Waals surface area (Å²) < 4.78 is 25.0. The van der Waals surface area contributed by atoms with E-state index in [0.29, 0.717) is 30.6 Å². The zero-order valence-corrected chi connectivity index (χ0v) is 22.9. The van der Waals surface area contributed by atoms with Crippen LogP contribution in [0.5, 0.6) is 0 Å². The molecule has 3 fully saturated rings. The summed E-state index contributed by atoms with van der Waals surface area (Å²) in [4.78, 5) is 13.0. The van der Waals surface area contributed by atoms with Crippen molar-refractivity contribution in [1.82, 2.24) is 0 Å². The van der Waals surface area contributed by atoms with Crippen LogP contribution in [0.4, 0.5) is 0 Å². The smallest absolute Gasteiger partial charge is 0.334 e. The summed E-state index contributed by atoms with van der Waals surface area (Å²) in [5.41, 5.74) is 0.598. The molecule has 2 heterocycles. The third-order valence-electron chi connectivity index (χ3n) is 9.77. The molecule has 0 aromatic rings. The average Bonchev–Trinajstić information content (AvgIpc) is 3.49. The van der Waals surface area contributed by atoms with E-state index in [-0.39, 0.29) is 23.7 Å². The number of aliphatic hydroxyl groups is 3. The van der Waals surface area contributed by atoms with Gasteiger partial charge >= 0.3 is 5.97 Å². The maximum Gasteiger partial charge on any atom is 0.334 e. The first-order chi connectivity index (χ1) is 18.0. The topological polar surface area (TPSA) is 115 Å². The Labute approximate surface area is 225 Å². The van der Waals surface area contributed by atoms with E-state index in [9.17, 15) is 20.1 Å². The van der Waals surface area contributed by atoms with E-state index in [0.717, 1.165) is 5.57 Å². The fourth-order valence-electron chi connectivity index (χ4n) is 7.97. The Morgan fingerprint density at radius 3 is 2.63 bits per heavy atom. The van der Waals surface area contributed by atoms with E-state index in [2.05, 4.69) is 12.7 Å². The minimum absolute atomic E-state index is 0.197. The number of hydrogen-bond acceptors (Lipinski definition) is 8. The van der Waals surface area contributed by atoms with E-state index in [1.807, 2.05) is 32.9 Å². The first kappa shape index (κ1) is 27.6. The minimum Gasteiger partial charge on any atom is -0.489 e. The quantitative estimate of drug-likeness (QED) is 0.376. The van der Waals surface area contributed by atoms with Gasteiger partial charge in [0.1, 0.15) is 30.2 Å². The molecule has 210 valence electrons. The molecular weight excluding hydrogens is 488 g/mol. The molecule has 8 heteroatoms. The molecule has 0 amide bonds. The second kappa shape index (κ2) is 10.2. The number of allylic oxidation sites excluding steroid dienone is 3. The summed E-state index contributed by atoms with van der Waals surface area (Å²) in [6, 6.07) is 0. The van der Waals surface area contributed by atoms with Crippen molar-refractivity contribution in [1.29, 1.82) is 0 Å². The van der Waals surface area contributed by atoms with Crippen molar-refractivity contribution in [2.24, 2.45) is 29.6 Å². The molecule has 3 aliphatic carbocycles. The molecule has 3 N–H and O–H groups in total. The van der Waals surface area contributed by atoms with Crippen molar-refractivity contribution in [3.05, 3.63) is 47.8 Å². The molecule has 0 aromatic heterocycles. The number of rotatable bonds is 4. The second-order valence-electron chi connectivity index (χ2n) is 12.0. The maximum atomic E-state index is 13.0. The summed E-state index contributed by atoms with van der Waals surface area (Å²) in [5.74, 6) is -1.56. The molecule has 1 spiro atoms. The van der Waals surface area contributed by atoms with Gasteiger partial charge in [0.2, 0.25) is 0 Å². The van der Waals surface area contributed by atoms with Gasteiger partial charge in [0.15, 0.2) is 0 Å². The highest BCUT2D eigenvalue weighted by Crippen LogP contribution is 2.63. The Hall–Kier alpha value is -1.97. The van der Waals surface area contributed by atoms with Crippen LogP contribution < -0.4 is 0 Å². The molecule has 13 atom stereocenters. The molecule has 0 radical (unpaired) electrons. The largest absolute Gasteiger partial charge is 0.489 e. The lowest BCUT2D eigenvalue weighted by molar-refractivity contribution is -0.171. The van der Waals surface area contributed by atoms with Crippen LogP contribution >= 0.6 is 0 Å². The first-order valence-electron chi connectivity index (χ1n) is 13.9. The summed E-state index contributed by atoms with van der Waals surface area (Å²) in [5, 5.41) is 33.8. The Morgan fingerprint density at radius 2 is 2.00 bits per heavy atom. The fraction of sp³-hybridized carbons (Fsp3) is 0.700. The number of ether oxygens (including phenoxy) is 4. The van der Waals surface area contributed by atoms with Crippen molar-refractivity contribution in [3.63, 3.8) is 0 Å². The van der Waals surface area contributed by atoms with Gasteiger partial charge in [-0.2, -0.15) is 0 Å². The van der Waals surface area contributed by atoms with Crippen LogP contribution in [-0.4, -0.2) is 76.7 Å². The molecule has 5 aliphatic rings. The van der Waals surface area contributed by atoms with Crippen LogP contribution in [0.3, 0.4) is 0 Å². The summed E-state index contributed by atoms with van der Waals surface area (Å²) >= 11 is 0. The number of hydrogen-bond donors (Lipinski definition) is 3. The maximum absolute atomic E-state index is 13.0. The fourth-order valence-corrected chi connectivity index (χ4v) is 7.97. The van der Waals surface area contributed by atoms with Crippen molar-refractivity contribution in [2.75, 3.05) is 7.11 Å². The highest BCUT2D eigenvalue weighted by atomic mass is 16.6. The van der Waals surface area contributed by atoms with Gasteiger partial charge < -0.3 is 34.3 Å². The van der Waals surface area contributed by atoms with Gasteiger partial charge in [-0.3, -0.25) is 0 Å². The van der Waals surface area contributed by atoms with Crippen LogP contribution in [0.1, 0.15) is 47.0 Å². The van der Waals surface area contributed by atoms with Crippen molar-refractivity contribution >= 4 is 5.97 Å². The summed E-state index contributed by atoms with van der Waals surface area (Å²) in [6.07, 6.45) is 4.31. The van der Waals surface area contributed by atoms with Crippen molar-refractivity contribution in [2.45, 2.75) is 95.3 Å². The molecule has 5 rings (SSSR count). The van der Waals surface area contributed by atoms with Crippen LogP contribution in [0.25, 0.3) is 0 Å². The Kier molecular flexibility index (Phi) is 7.41. The van der Waals surface area contributed by atoms with E-state index < -0.39 is 60.2 Å². The highest BCUT2D eigenvalue weighted by molar-refractivity contribution is 5.90.